The zero-order valence-electron chi connectivity index (χ0n) is 14.8. The lowest BCUT2D eigenvalue weighted by Crippen LogP contribution is -2.36. The summed E-state index contributed by atoms with van der Waals surface area (Å²) in [5.74, 6) is -0.902. The van der Waals surface area contributed by atoms with Crippen LogP contribution in [0.15, 0.2) is 29.2 Å². The number of nitrogens with zero attached hydrogens (tertiary/aromatic N) is 2. The number of carbonyl (C=O) groups is 2. The van der Waals surface area contributed by atoms with Gasteiger partial charge in [-0.05, 0) is 38.2 Å². The van der Waals surface area contributed by atoms with Gasteiger partial charge in [-0.25, -0.2) is 8.42 Å². The molecule has 4 N–H and O–H groups in total. The summed E-state index contributed by atoms with van der Waals surface area (Å²) in [5.41, 5.74) is 5.50. The van der Waals surface area contributed by atoms with E-state index in [1.165, 1.54) is 16.4 Å². The molecule has 26 heavy (non-hydrogen) atoms. The first kappa shape index (κ1) is 20.3. The summed E-state index contributed by atoms with van der Waals surface area (Å²) < 4.78 is 27.2. The molecule has 0 aromatic heterocycles. The largest absolute Gasteiger partial charge is 0.346 e. The first-order valence-corrected chi connectivity index (χ1v) is 9.82. The Morgan fingerprint density at radius 3 is 2.65 bits per heavy atom. The van der Waals surface area contributed by atoms with E-state index < -0.39 is 21.8 Å². The quantitative estimate of drug-likeness (QED) is 0.580. The highest BCUT2D eigenvalue weighted by Crippen LogP contribution is 2.20. The van der Waals surface area contributed by atoms with Gasteiger partial charge in [0.15, 0.2) is 0 Å². The van der Waals surface area contributed by atoms with E-state index in [2.05, 4.69) is 15.5 Å². The van der Waals surface area contributed by atoms with Crippen LogP contribution in [0.25, 0.3) is 0 Å². The van der Waals surface area contributed by atoms with Gasteiger partial charge in [-0.2, -0.15) is 4.31 Å². The van der Waals surface area contributed by atoms with Gasteiger partial charge in [0.1, 0.15) is 0 Å². The van der Waals surface area contributed by atoms with Crippen molar-refractivity contribution in [1.29, 1.82) is 0 Å². The average molecular weight is 383 g/mol. The number of sulfonamides is 1. The summed E-state index contributed by atoms with van der Waals surface area (Å²) >= 11 is 0. The van der Waals surface area contributed by atoms with Crippen molar-refractivity contribution in [3.05, 3.63) is 24.3 Å². The fraction of sp³-hybridized carbons (Fsp3) is 0.500. The van der Waals surface area contributed by atoms with Crippen molar-refractivity contribution < 1.29 is 18.0 Å². The first-order valence-electron chi connectivity index (χ1n) is 8.38. The fourth-order valence-electron chi connectivity index (χ4n) is 2.60. The van der Waals surface area contributed by atoms with Gasteiger partial charge in [-0.1, -0.05) is 6.07 Å². The number of amides is 2. The van der Waals surface area contributed by atoms with Crippen LogP contribution in [-0.2, 0) is 19.6 Å². The van der Waals surface area contributed by atoms with Crippen LogP contribution in [0.2, 0.25) is 0 Å². The molecule has 1 saturated heterocycles. The summed E-state index contributed by atoms with van der Waals surface area (Å²) in [7, 11) is -1.66. The van der Waals surface area contributed by atoms with E-state index in [4.69, 9.17) is 5.73 Å². The second-order valence-electron chi connectivity index (χ2n) is 6.12. The van der Waals surface area contributed by atoms with Crippen molar-refractivity contribution in [1.82, 2.24) is 14.5 Å². The molecule has 1 aliphatic rings. The minimum absolute atomic E-state index is 0.130. The van der Waals surface area contributed by atoms with Crippen LogP contribution in [0.1, 0.15) is 6.42 Å². The predicted octanol–water partition coefficient (Wildman–Crippen LogP) is -0.974. The maximum absolute atomic E-state index is 12.9. The van der Waals surface area contributed by atoms with Gasteiger partial charge >= 0.3 is 0 Å². The molecule has 1 heterocycles. The standard InChI is InChI=1S/C16H25N5O4S/c1-20-6-3-7-21(9-8-20)26(24,25)14-5-2-4-13(10-14)19-16(23)12-18-15(22)11-17/h2,4-5,10H,3,6-9,11-12,17H2,1H3,(H,18,22)(H,19,23). The maximum atomic E-state index is 12.9. The van der Waals surface area contributed by atoms with Crippen molar-refractivity contribution in [2.75, 3.05) is 51.6 Å². The summed E-state index contributed by atoms with van der Waals surface area (Å²) in [6.07, 6.45) is 0.771. The number of benzene rings is 1. The predicted molar refractivity (Wildman–Crippen MR) is 98.0 cm³/mol. The van der Waals surface area contributed by atoms with Crippen molar-refractivity contribution in [3.8, 4) is 0 Å². The molecule has 2 amide bonds. The van der Waals surface area contributed by atoms with E-state index >= 15 is 0 Å². The minimum atomic E-state index is -3.63. The van der Waals surface area contributed by atoms with Gasteiger partial charge in [0.2, 0.25) is 21.8 Å². The van der Waals surface area contributed by atoms with E-state index in [9.17, 15) is 18.0 Å². The molecule has 0 spiro atoms. The number of hydrogen-bond donors (Lipinski definition) is 3. The van der Waals surface area contributed by atoms with Crippen LogP contribution in [0.4, 0.5) is 5.69 Å². The van der Waals surface area contributed by atoms with Crippen LogP contribution >= 0.6 is 0 Å². The molecule has 9 nitrogen and oxygen atoms in total. The van der Waals surface area contributed by atoms with Crippen molar-refractivity contribution in [2.24, 2.45) is 5.73 Å². The number of anilines is 1. The monoisotopic (exact) mass is 383 g/mol. The Morgan fingerprint density at radius 1 is 1.15 bits per heavy atom. The number of rotatable bonds is 6. The molecule has 0 atom stereocenters. The van der Waals surface area contributed by atoms with Gasteiger partial charge in [0, 0.05) is 25.3 Å². The highest BCUT2D eigenvalue weighted by Gasteiger charge is 2.26. The lowest BCUT2D eigenvalue weighted by atomic mass is 10.3. The van der Waals surface area contributed by atoms with Crippen LogP contribution < -0.4 is 16.4 Å². The molecule has 0 aliphatic carbocycles. The summed E-state index contributed by atoms with van der Waals surface area (Å²) in [4.78, 5) is 25.2. The molecular weight excluding hydrogens is 358 g/mol. The van der Waals surface area contributed by atoms with Gasteiger partial charge in [0.05, 0.1) is 18.0 Å². The Balaban J connectivity index is 2.07. The molecule has 1 aliphatic heterocycles. The molecule has 0 radical (unpaired) electrons. The number of likely N-dealkylation sites (N-methyl/N-ethyl adjacent to an activating group) is 1. The number of carbonyl (C=O) groups excluding carboxylic acids is 2. The third kappa shape index (κ3) is 5.49. The molecule has 0 bridgehead atoms. The Hall–Kier alpha value is -2.01. The molecule has 0 unspecified atom stereocenters. The highest BCUT2D eigenvalue weighted by molar-refractivity contribution is 7.89. The van der Waals surface area contributed by atoms with Gasteiger partial charge in [-0.15, -0.1) is 0 Å². The maximum Gasteiger partial charge on any atom is 0.243 e. The Labute approximate surface area is 153 Å². The Bertz CT molecular complexity index is 753. The summed E-state index contributed by atoms with van der Waals surface area (Å²) in [6, 6.07) is 6.10. The van der Waals surface area contributed by atoms with Crippen LogP contribution in [0.3, 0.4) is 0 Å². The van der Waals surface area contributed by atoms with Crippen molar-refractivity contribution in [3.63, 3.8) is 0 Å². The smallest absolute Gasteiger partial charge is 0.243 e. The third-order valence-corrected chi connectivity index (χ3v) is 5.96. The van der Waals surface area contributed by atoms with Gasteiger partial charge < -0.3 is 21.3 Å². The van der Waals surface area contributed by atoms with Crippen LogP contribution in [0, 0.1) is 0 Å². The van der Waals surface area contributed by atoms with E-state index in [1.54, 1.807) is 12.1 Å². The highest BCUT2D eigenvalue weighted by atomic mass is 32.2. The zero-order chi connectivity index (χ0) is 19.2. The van der Waals surface area contributed by atoms with Crippen molar-refractivity contribution >= 4 is 27.5 Å². The van der Waals surface area contributed by atoms with E-state index in [1.807, 2.05) is 7.05 Å². The summed E-state index contributed by atoms with van der Waals surface area (Å²) in [6.45, 7) is 2.00. The topological polar surface area (TPSA) is 125 Å². The molecule has 1 aromatic carbocycles. The minimum Gasteiger partial charge on any atom is -0.346 e. The van der Waals surface area contributed by atoms with E-state index in [0.29, 0.717) is 25.3 Å². The summed E-state index contributed by atoms with van der Waals surface area (Å²) in [5, 5.41) is 4.92. The number of nitrogens with one attached hydrogen (secondary N) is 2. The molecule has 144 valence electrons. The molecule has 0 saturated carbocycles. The zero-order valence-corrected chi connectivity index (χ0v) is 15.6. The molecular formula is C16H25N5O4S. The third-order valence-electron chi connectivity index (χ3n) is 4.07. The van der Waals surface area contributed by atoms with Crippen molar-refractivity contribution in [2.45, 2.75) is 11.3 Å². The van der Waals surface area contributed by atoms with Gasteiger partial charge in [-0.3, -0.25) is 9.59 Å². The Morgan fingerprint density at radius 2 is 1.92 bits per heavy atom. The van der Waals surface area contributed by atoms with E-state index in [0.717, 1.165) is 13.0 Å². The molecule has 1 aromatic rings. The Kier molecular flexibility index (Phi) is 7.09. The molecule has 1 fully saturated rings. The number of nitrogens with two attached hydrogens (primary N) is 1. The van der Waals surface area contributed by atoms with Gasteiger partial charge in [0.25, 0.3) is 0 Å². The fourth-order valence-corrected chi connectivity index (χ4v) is 4.12. The first-order chi connectivity index (χ1) is 12.3. The lowest BCUT2D eigenvalue weighted by molar-refractivity contribution is -0.123. The molecule has 10 heteroatoms. The lowest BCUT2D eigenvalue weighted by Gasteiger charge is -2.20. The average Bonchev–Trinajstić information content (AvgIpc) is 2.85. The van der Waals surface area contributed by atoms with E-state index in [-0.39, 0.29) is 18.0 Å². The SMILES string of the molecule is CN1CCCN(S(=O)(=O)c2cccc(NC(=O)CNC(=O)CN)c2)CC1. The second kappa shape index (κ2) is 9.08. The normalized spacial score (nSPS) is 16.7. The molecule has 2 rings (SSSR count). The number of hydrogen-bond acceptors (Lipinski definition) is 6. The van der Waals surface area contributed by atoms with Crippen LogP contribution in [0.5, 0.6) is 0 Å². The van der Waals surface area contributed by atoms with Crippen LogP contribution in [-0.4, -0.2) is 75.8 Å². The second-order valence-corrected chi connectivity index (χ2v) is 8.06.